The molecule has 14 nitrogen and oxygen atoms in total. The van der Waals surface area contributed by atoms with E-state index in [1.807, 2.05) is 24.3 Å². The fourth-order valence-electron chi connectivity index (χ4n) is 5.17. The number of hydrogen-bond acceptors (Lipinski definition) is 6. The summed E-state index contributed by atoms with van der Waals surface area (Å²) in [7, 11) is 0. The Morgan fingerprint density at radius 3 is 1.17 bits per heavy atom. The molecule has 0 radical (unpaired) electrons. The van der Waals surface area contributed by atoms with E-state index in [1.165, 1.54) is 0 Å². The predicted molar refractivity (Wildman–Crippen MR) is 200 cm³/mol. The van der Waals surface area contributed by atoms with Crippen molar-refractivity contribution in [3.63, 3.8) is 0 Å². The van der Waals surface area contributed by atoms with Gasteiger partial charge in [-0.3, -0.25) is 19.2 Å². The van der Waals surface area contributed by atoms with Crippen molar-refractivity contribution in [1.29, 1.82) is 0 Å². The molecule has 4 aromatic rings. The number of rotatable bonds is 19. The first-order chi connectivity index (χ1) is 25.3. The summed E-state index contributed by atoms with van der Waals surface area (Å²) in [5.74, 6) is -0.581. The van der Waals surface area contributed by atoms with Gasteiger partial charge < -0.3 is 21.3 Å². The van der Waals surface area contributed by atoms with Crippen LogP contribution < -0.4 is 21.3 Å². The van der Waals surface area contributed by atoms with Crippen LogP contribution in [0.1, 0.15) is 83.2 Å². The van der Waals surface area contributed by atoms with Gasteiger partial charge >= 0.3 is 0 Å². The third-order valence-corrected chi connectivity index (χ3v) is 8.02. The third kappa shape index (κ3) is 13.4. The van der Waals surface area contributed by atoms with Crippen molar-refractivity contribution in [2.75, 3.05) is 10.6 Å². The SMILES string of the molecule is [N-]=[N+]=Nc1ccc(C(=O)NCc2ccc(NC(=O)CCCCCCCCC(=O)Nc3ccc(CNC(=O)c4ccc(N=[N+]=[N-])cc4)cc3)cc2)cc1. The summed E-state index contributed by atoms with van der Waals surface area (Å²) >= 11 is 0. The number of carbonyl (C=O) groups is 4. The molecule has 14 heteroatoms. The molecular formula is C38H40N10O4. The van der Waals surface area contributed by atoms with E-state index in [4.69, 9.17) is 11.1 Å². The van der Waals surface area contributed by atoms with Crippen LogP contribution in [0, 0.1) is 0 Å². The number of azide groups is 2. The molecule has 0 bridgehead atoms. The first-order valence-electron chi connectivity index (χ1n) is 17.0. The van der Waals surface area contributed by atoms with Crippen LogP contribution in [0.25, 0.3) is 20.9 Å². The van der Waals surface area contributed by atoms with Crippen LogP contribution in [0.3, 0.4) is 0 Å². The van der Waals surface area contributed by atoms with E-state index in [1.54, 1.807) is 72.8 Å². The minimum atomic E-state index is -0.244. The molecule has 0 fully saturated rings. The molecule has 0 aliphatic carbocycles. The number of unbranched alkanes of at least 4 members (excludes halogenated alkanes) is 5. The van der Waals surface area contributed by atoms with E-state index in [0.29, 0.717) is 59.8 Å². The number of nitrogens with one attached hydrogen (secondary N) is 4. The standard InChI is InChI=1S/C38H40N10O4/c39-47-45-33-21-13-29(14-22-33)37(51)41-25-27-9-17-31(18-10-27)43-35(49)7-5-3-1-2-4-6-8-36(50)44-32-19-11-28(12-20-32)26-42-38(52)30-15-23-34(24-16-30)46-48-40/h9-24H,1-8,25-26H2,(H,41,51)(H,42,52)(H,43,49)(H,44,50). The van der Waals surface area contributed by atoms with Gasteiger partial charge in [0.25, 0.3) is 11.8 Å². The van der Waals surface area contributed by atoms with Gasteiger partial charge in [0.1, 0.15) is 0 Å². The van der Waals surface area contributed by atoms with Crippen LogP contribution in [0.15, 0.2) is 107 Å². The maximum Gasteiger partial charge on any atom is 0.251 e. The second kappa shape index (κ2) is 20.8. The van der Waals surface area contributed by atoms with Crippen LogP contribution in [-0.2, 0) is 22.7 Å². The second-order valence-corrected chi connectivity index (χ2v) is 11.9. The Kier molecular flexibility index (Phi) is 15.3. The van der Waals surface area contributed by atoms with Crippen molar-refractivity contribution in [1.82, 2.24) is 10.6 Å². The number of nitrogens with zero attached hydrogens (tertiary/aromatic N) is 6. The minimum Gasteiger partial charge on any atom is -0.348 e. The number of carbonyl (C=O) groups excluding carboxylic acids is 4. The number of hydrogen-bond donors (Lipinski definition) is 4. The lowest BCUT2D eigenvalue weighted by molar-refractivity contribution is -0.117. The van der Waals surface area contributed by atoms with Gasteiger partial charge in [0.05, 0.1) is 0 Å². The maximum absolute atomic E-state index is 12.4. The lowest BCUT2D eigenvalue weighted by atomic mass is 10.1. The average molecular weight is 701 g/mol. The van der Waals surface area contributed by atoms with Gasteiger partial charge in [-0.15, -0.1) is 0 Å². The molecule has 266 valence electrons. The Labute approximate surface area is 301 Å². The summed E-state index contributed by atoms with van der Waals surface area (Å²) in [5, 5.41) is 18.5. The summed E-state index contributed by atoms with van der Waals surface area (Å²) in [6, 6.07) is 27.3. The zero-order valence-corrected chi connectivity index (χ0v) is 28.6. The number of amides is 4. The highest BCUT2D eigenvalue weighted by Crippen LogP contribution is 2.17. The summed E-state index contributed by atoms with van der Waals surface area (Å²) in [5.41, 5.74) is 21.9. The molecule has 52 heavy (non-hydrogen) atoms. The molecule has 0 aromatic heterocycles. The number of benzene rings is 4. The van der Waals surface area contributed by atoms with Gasteiger partial charge in [0, 0.05) is 69.6 Å². The first kappa shape index (κ1) is 38.2. The van der Waals surface area contributed by atoms with Crippen LogP contribution in [0.5, 0.6) is 0 Å². The van der Waals surface area contributed by atoms with Crippen LogP contribution >= 0.6 is 0 Å². The Morgan fingerprint density at radius 1 is 0.481 bits per heavy atom. The minimum absolute atomic E-state index is 0.0464. The third-order valence-electron chi connectivity index (χ3n) is 8.02. The van der Waals surface area contributed by atoms with E-state index in [2.05, 4.69) is 41.3 Å². The highest BCUT2D eigenvalue weighted by atomic mass is 16.2. The van der Waals surface area contributed by atoms with Crippen LogP contribution in [0.4, 0.5) is 22.7 Å². The summed E-state index contributed by atoms with van der Waals surface area (Å²) < 4.78 is 0. The Balaban J connectivity index is 1.01. The zero-order valence-electron chi connectivity index (χ0n) is 28.6. The van der Waals surface area contributed by atoms with Crippen LogP contribution in [0.2, 0.25) is 0 Å². The second-order valence-electron chi connectivity index (χ2n) is 11.9. The Hall–Kier alpha value is -6.62. The maximum atomic E-state index is 12.4. The fraction of sp³-hybridized carbons (Fsp3) is 0.263. The lowest BCUT2D eigenvalue weighted by Gasteiger charge is -2.09. The summed E-state index contributed by atoms with van der Waals surface area (Å²) in [4.78, 5) is 54.9. The van der Waals surface area contributed by atoms with Crippen molar-refractivity contribution in [3.8, 4) is 0 Å². The molecule has 0 saturated carbocycles. The number of anilines is 2. The highest BCUT2D eigenvalue weighted by Gasteiger charge is 2.08. The monoisotopic (exact) mass is 700 g/mol. The predicted octanol–water partition coefficient (Wildman–Crippen LogP) is 9.13. The first-order valence-corrected chi connectivity index (χ1v) is 17.0. The zero-order chi connectivity index (χ0) is 37.0. The molecule has 0 aliphatic rings. The van der Waals surface area contributed by atoms with Crippen LogP contribution in [-0.4, -0.2) is 23.6 Å². The van der Waals surface area contributed by atoms with Gasteiger partial charge in [0.2, 0.25) is 11.8 Å². The van der Waals surface area contributed by atoms with Crippen molar-refractivity contribution in [3.05, 3.63) is 140 Å². The smallest absolute Gasteiger partial charge is 0.251 e. The van der Waals surface area contributed by atoms with E-state index in [-0.39, 0.29) is 23.6 Å². The van der Waals surface area contributed by atoms with Crippen molar-refractivity contribution < 1.29 is 19.2 Å². The van der Waals surface area contributed by atoms with E-state index in [9.17, 15) is 19.2 Å². The molecule has 4 rings (SSSR count). The normalized spacial score (nSPS) is 10.2. The molecule has 4 N–H and O–H groups in total. The Bertz CT molecular complexity index is 1760. The molecule has 0 unspecified atom stereocenters. The Morgan fingerprint density at radius 2 is 0.827 bits per heavy atom. The molecule has 0 aliphatic heterocycles. The lowest BCUT2D eigenvalue weighted by Crippen LogP contribution is -2.22. The van der Waals surface area contributed by atoms with Gasteiger partial charge in [-0.25, -0.2) is 0 Å². The van der Waals surface area contributed by atoms with Gasteiger partial charge in [-0.2, -0.15) is 0 Å². The molecule has 0 heterocycles. The highest BCUT2D eigenvalue weighted by molar-refractivity contribution is 5.95. The molecular weight excluding hydrogens is 660 g/mol. The molecule has 0 atom stereocenters. The van der Waals surface area contributed by atoms with Gasteiger partial charge in [-0.05, 0) is 83.6 Å². The molecule has 4 aromatic carbocycles. The van der Waals surface area contributed by atoms with Crippen molar-refractivity contribution in [2.24, 2.45) is 10.2 Å². The molecule has 4 amide bonds. The molecule has 0 saturated heterocycles. The van der Waals surface area contributed by atoms with Crippen molar-refractivity contribution >= 4 is 46.4 Å². The van der Waals surface area contributed by atoms with E-state index in [0.717, 1.165) is 49.7 Å². The summed E-state index contributed by atoms with van der Waals surface area (Å²) in [6.07, 6.45) is 6.28. The summed E-state index contributed by atoms with van der Waals surface area (Å²) in [6.45, 7) is 0.657. The van der Waals surface area contributed by atoms with E-state index < -0.39 is 0 Å². The largest absolute Gasteiger partial charge is 0.348 e. The topological polar surface area (TPSA) is 214 Å². The average Bonchev–Trinajstić information content (AvgIpc) is 3.16. The van der Waals surface area contributed by atoms with Crippen molar-refractivity contribution in [2.45, 2.75) is 64.5 Å². The quantitative estimate of drug-likeness (QED) is 0.0326. The van der Waals surface area contributed by atoms with Gasteiger partial charge in [-0.1, -0.05) is 84.4 Å². The fourth-order valence-corrected chi connectivity index (χ4v) is 5.17. The van der Waals surface area contributed by atoms with Gasteiger partial charge in [0.15, 0.2) is 0 Å². The van der Waals surface area contributed by atoms with E-state index >= 15 is 0 Å². The molecule has 0 spiro atoms.